The number of piperidine rings is 1. The summed E-state index contributed by atoms with van der Waals surface area (Å²) in [7, 11) is 0. The maximum atomic E-state index is 12.2. The van der Waals surface area contributed by atoms with Gasteiger partial charge in [-0.25, -0.2) is 0 Å². The molecular weight excluding hydrogens is 415 g/mol. The van der Waals surface area contributed by atoms with Gasteiger partial charge in [-0.1, -0.05) is 0 Å². The monoisotopic (exact) mass is 432 g/mol. The smallest absolute Gasteiger partial charge is 0.276 e. The Balaban J connectivity index is 0.00000176. The molecule has 5 nitrogen and oxygen atoms in total. The minimum absolute atomic E-state index is 0. The van der Waals surface area contributed by atoms with Gasteiger partial charge in [0.1, 0.15) is 0 Å². The van der Waals surface area contributed by atoms with Crippen molar-refractivity contribution in [3.63, 3.8) is 0 Å². The maximum absolute atomic E-state index is 12.2. The summed E-state index contributed by atoms with van der Waals surface area (Å²) >= 11 is 2.24. The zero-order valence-electron chi connectivity index (χ0n) is 12.0. The van der Waals surface area contributed by atoms with Crippen LogP contribution in [0.2, 0.25) is 0 Å². The van der Waals surface area contributed by atoms with E-state index in [1.165, 1.54) is 0 Å². The average molecular weight is 433 g/mol. The lowest BCUT2D eigenvalue weighted by atomic mass is 10.1. The van der Waals surface area contributed by atoms with E-state index in [1.807, 2.05) is 35.1 Å². The zero-order chi connectivity index (χ0) is 14.7. The van der Waals surface area contributed by atoms with Crippen molar-refractivity contribution in [3.05, 3.63) is 45.8 Å². The van der Waals surface area contributed by atoms with E-state index in [9.17, 15) is 4.79 Å². The van der Waals surface area contributed by atoms with Gasteiger partial charge in [-0.15, -0.1) is 12.4 Å². The van der Waals surface area contributed by atoms with Crippen molar-refractivity contribution in [1.29, 1.82) is 0 Å². The standard InChI is InChI=1S/C15H17IN4O.ClH/c16-11-3-5-12(6-4-11)18-15(21)14-7-9-20(19-14)13-2-1-8-17-10-13;/h3-7,9,13,17H,1-2,8,10H2,(H,18,21);1H. The van der Waals surface area contributed by atoms with Gasteiger partial charge in [0.2, 0.25) is 0 Å². The molecule has 1 atom stereocenters. The van der Waals surface area contributed by atoms with Crippen LogP contribution in [0.15, 0.2) is 36.5 Å². The molecule has 0 saturated carbocycles. The molecule has 1 amide bonds. The molecule has 2 aromatic rings. The molecule has 1 aliphatic rings. The second kappa shape index (κ2) is 7.94. The summed E-state index contributed by atoms with van der Waals surface area (Å²) < 4.78 is 3.04. The van der Waals surface area contributed by atoms with Crippen molar-refractivity contribution in [2.45, 2.75) is 18.9 Å². The van der Waals surface area contributed by atoms with Gasteiger partial charge in [0.05, 0.1) is 6.04 Å². The van der Waals surface area contributed by atoms with Crippen molar-refractivity contribution >= 4 is 46.6 Å². The molecule has 2 heterocycles. The number of anilines is 1. The van der Waals surface area contributed by atoms with E-state index < -0.39 is 0 Å². The van der Waals surface area contributed by atoms with Gasteiger partial charge >= 0.3 is 0 Å². The quantitative estimate of drug-likeness (QED) is 0.733. The minimum Gasteiger partial charge on any atom is -0.321 e. The first-order valence-corrected chi connectivity index (χ1v) is 8.13. The van der Waals surface area contributed by atoms with Gasteiger partial charge in [-0.05, 0) is 72.3 Å². The van der Waals surface area contributed by atoms with Gasteiger partial charge < -0.3 is 10.6 Å². The molecule has 0 bridgehead atoms. The van der Waals surface area contributed by atoms with Gasteiger partial charge in [0.25, 0.3) is 5.91 Å². The first-order valence-electron chi connectivity index (χ1n) is 7.05. The number of carbonyl (C=O) groups is 1. The summed E-state index contributed by atoms with van der Waals surface area (Å²) in [6.45, 7) is 1.98. The van der Waals surface area contributed by atoms with Gasteiger partial charge in [-0.2, -0.15) is 5.10 Å². The van der Waals surface area contributed by atoms with Crippen LogP contribution in [-0.2, 0) is 0 Å². The predicted octanol–water partition coefficient (Wildman–Crippen LogP) is 3.09. The van der Waals surface area contributed by atoms with E-state index in [0.29, 0.717) is 11.7 Å². The lowest BCUT2D eigenvalue weighted by Crippen LogP contribution is -2.32. The van der Waals surface area contributed by atoms with E-state index in [2.05, 4.69) is 38.3 Å². The first-order chi connectivity index (χ1) is 10.2. The summed E-state index contributed by atoms with van der Waals surface area (Å²) in [5, 5.41) is 10.6. The van der Waals surface area contributed by atoms with Gasteiger partial charge in [-0.3, -0.25) is 9.48 Å². The summed E-state index contributed by atoms with van der Waals surface area (Å²) in [6.07, 6.45) is 4.14. The number of carbonyl (C=O) groups excluding carboxylic acids is 1. The van der Waals surface area contributed by atoms with Crippen LogP contribution >= 0.6 is 35.0 Å². The van der Waals surface area contributed by atoms with E-state index in [-0.39, 0.29) is 18.3 Å². The van der Waals surface area contributed by atoms with E-state index in [1.54, 1.807) is 6.07 Å². The molecule has 0 spiro atoms. The molecule has 1 saturated heterocycles. The predicted molar refractivity (Wildman–Crippen MR) is 97.7 cm³/mol. The Morgan fingerprint density at radius 1 is 1.32 bits per heavy atom. The second-order valence-electron chi connectivity index (χ2n) is 5.14. The topological polar surface area (TPSA) is 59.0 Å². The van der Waals surface area contributed by atoms with Crippen LogP contribution in [0.4, 0.5) is 5.69 Å². The van der Waals surface area contributed by atoms with Crippen LogP contribution in [0.1, 0.15) is 29.4 Å². The highest BCUT2D eigenvalue weighted by Gasteiger charge is 2.17. The fraction of sp³-hybridized carbons (Fsp3) is 0.333. The van der Waals surface area contributed by atoms with Crippen molar-refractivity contribution in [3.8, 4) is 0 Å². The maximum Gasteiger partial charge on any atom is 0.276 e. The molecule has 0 aliphatic carbocycles. The molecule has 1 unspecified atom stereocenters. The Hall–Kier alpha value is -1.12. The van der Waals surface area contributed by atoms with Crippen molar-refractivity contribution < 1.29 is 4.79 Å². The van der Waals surface area contributed by atoms with Crippen molar-refractivity contribution in [2.75, 3.05) is 18.4 Å². The molecule has 0 radical (unpaired) electrons. The third-order valence-electron chi connectivity index (χ3n) is 3.59. The van der Waals surface area contributed by atoms with Crippen LogP contribution in [-0.4, -0.2) is 28.8 Å². The van der Waals surface area contributed by atoms with Crippen LogP contribution < -0.4 is 10.6 Å². The number of nitrogens with zero attached hydrogens (tertiary/aromatic N) is 2. The Kier molecular flexibility index (Phi) is 6.22. The molecule has 118 valence electrons. The molecule has 22 heavy (non-hydrogen) atoms. The molecule has 7 heteroatoms. The third kappa shape index (κ3) is 4.21. The molecule has 3 rings (SSSR count). The number of nitrogens with one attached hydrogen (secondary N) is 2. The van der Waals surface area contributed by atoms with Crippen LogP contribution in [0.5, 0.6) is 0 Å². The third-order valence-corrected chi connectivity index (χ3v) is 4.31. The number of benzene rings is 1. The first kappa shape index (κ1) is 17.2. The molecule has 1 fully saturated rings. The normalized spacial score (nSPS) is 17.6. The Morgan fingerprint density at radius 2 is 2.09 bits per heavy atom. The van der Waals surface area contributed by atoms with Crippen molar-refractivity contribution in [2.24, 2.45) is 0 Å². The molecule has 1 aromatic heterocycles. The summed E-state index contributed by atoms with van der Waals surface area (Å²) in [5.41, 5.74) is 1.24. The highest BCUT2D eigenvalue weighted by Crippen LogP contribution is 2.16. The zero-order valence-corrected chi connectivity index (χ0v) is 14.9. The van der Waals surface area contributed by atoms with Crippen molar-refractivity contribution in [1.82, 2.24) is 15.1 Å². The van der Waals surface area contributed by atoms with Gasteiger partial charge in [0, 0.05) is 22.0 Å². The van der Waals surface area contributed by atoms with Gasteiger partial charge in [0.15, 0.2) is 5.69 Å². The van der Waals surface area contributed by atoms with Crippen LogP contribution in [0, 0.1) is 3.57 Å². The highest BCUT2D eigenvalue weighted by atomic mass is 127. The number of aromatic nitrogens is 2. The number of rotatable bonds is 3. The fourth-order valence-corrected chi connectivity index (χ4v) is 2.81. The minimum atomic E-state index is -0.168. The largest absolute Gasteiger partial charge is 0.321 e. The molecule has 2 N–H and O–H groups in total. The van der Waals surface area contributed by atoms with Crippen LogP contribution in [0.3, 0.4) is 0 Å². The Labute approximate surface area is 149 Å². The molecular formula is C15H18ClIN4O. The summed E-state index contributed by atoms with van der Waals surface area (Å²) in [5.74, 6) is -0.168. The molecule has 1 aromatic carbocycles. The Morgan fingerprint density at radius 3 is 2.77 bits per heavy atom. The lowest BCUT2D eigenvalue weighted by Gasteiger charge is -2.22. The number of amides is 1. The van der Waals surface area contributed by atoms with E-state index in [0.717, 1.165) is 35.2 Å². The molecule has 1 aliphatic heterocycles. The average Bonchev–Trinajstić information content (AvgIpc) is 3.00. The number of hydrogen-bond acceptors (Lipinski definition) is 3. The lowest BCUT2D eigenvalue weighted by molar-refractivity contribution is 0.102. The Bertz CT molecular complexity index is 623. The SMILES string of the molecule is Cl.O=C(Nc1ccc(I)cc1)c1ccn(C2CCCNC2)n1. The van der Waals surface area contributed by atoms with Crippen LogP contribution in [0.25, 0.3) is 0 Å². The highest BCUT2D eigenvalue weighted by molar-refractivity contribution is 14.1. The summed E-state index contributed by atoms with van der Waals surface area (Å²) in [4.78, 5) is 12.2. The number of hydrogen-bond donors (Lipinski definition) is 2. The number of halogens is 2. The summed E-state index contributed by atoms with van der Waals surface area (Å²) in [6, 6.07) is 9.82. The van der Waals surface area contributed by atoms with E-state index >= 15 is 0 Å². The van der Waals surface area contributed by atoms with E-state index in [4.69, 9.17) is 0 Å². The fourth-order valence-electron chi connectivity index (χ4n) is 2.45. The second-order valence-corrected chi connectivity index (χ2v) is 6.39.